The largest absolute Gasteiger partial charge is 0.257 e. The lowest BCUT2D eigenvalue weighted by Gasteiger charge is -1.98. The zero-order valence-electron chi connectivity index (χ0n) is 9.45. The molecule has 2 aromatic rings. The summed E-state index contributed by atoms with van der Waals surface area (Å²) in [6.07, 6.45) is 5.23. The summed E-state index contributed by atoms with van der Waals surface area (Å²) < 4.78 is 0. The van der Waals surface area contributed by atoms with E-state index in [1.807, 2.05) is 24.3 Å². The van der Waals surface area contributed by atoms with Crippen molar-refractivity contribution in [3.05, 3.63) is 64.3 Å². The molecular weight excluding hydrogens is 226 g/mol. The standard InChI is InChI=1S/C14H9N3O/c15-10-11-4-5-12(14(9-11)17-18)6-7-13-3-1-2-8-16-13/h1-9H/b7-6+. The van der Waals surface area contributed by atoms with E-state index in [0.717, 1.165) is 5.69 Å². The van der Waals surface area contributed by atoms with Gasteiger partial charge in [-0.25, -0.2) is 0 Å². The van der Waals surface area contributed by atoms with Gasteiger partial charge >= 0.3 is 0 Å². The first-order chi connectivity index (χ1) is 8.83. The predicted octanol–water partition coefficient (Wildman–Crippen LogP) is 3.52. The van der Waals surface area contributed by atoms with Crippen molar-refractivity contribution < 1.29 is 0 Å². The Hall–Kier alpha value is -2.80. The Bertz CT molecular complexity index is 627. The molecule has 0 aliphatic heterocycles. The van der Waals surface area contributed by atoms with Gasteiger partial charge in [-0.2, -0.15) is 5.26 Å². The van der Waals surface area contributed by atoms with Crippen molar-refractivity contribution in [1.29, 1.82) is 5.26 Å². The van der Waals surface area contributed by atoms with Crippen LogP contribution in [-0.2, 0) is 0 Å². The molecule has 2 rings (SSSR count). The first-order valence-electron chi connectivity index (χ1n) is 5.30. The molecule has 0 N–H and O–H groups in total. The smallest absolute Gasteiger partial charge is 0.116 e. The van der Waals surface area contributed by atoms with Crippen molar-refractivity contribution in [2.24, 2.45) is 5.18 Å². The van der Waals surface area contributed by atoms with Gasteiger partial charge in [0, 0.05) is 11.8 Å². The van der Waals surface area contributed by atoms with E-state index in [0.29, 0.717) is 11.1 Å². The summed E-state index contributed by atoms with van der Waals surface area (Å²) in [5, 5.41) is 11.7. The zero-order valence-corrected chi connectivity index (χ0v) is 9.45. The molecule has 0 aliphatic carbocycles. The lowest BCUT2D eigenvalue weighted by molar-refractivity contribution is 1.30. The van der Waals surface area contributed by atoms with Crippen molar-refractivity contribution in [3.8, 4) is 6.07 Å². The number of hydrogen-bond donors (Lipinski definition) is 0. The molecule has 1 aromatic carbocycles. The molecule has 0 fully saturated rings. The highest BCUT2D eigenvalue weighted by Crippen LogP contribution is 2.22. The van der Waals surface area contributed by atoms with Gasteiger partial charge in [-0.05, 0) is 35.5 Å². The molecule has 0 aliphatic rings. The fraction of sp³-hybridized carbons (Fsp3) is 0. The predicted molar refractivity (Wildman–Crippen MR) is 69.8 cm³/mol. The SMILES string of the molecule is N#Cc1ccc(/C=C/c2ccccn2)c(N=O)c1. The van der Waals surface area contributed by atoms with Crippen LogP contribution >= 0.6 is 0 Å². The number of nitrogens with zero attached hydrogens (tertiary/aromatic N) is 3. The van der Waals surface area contributed by atoms with E-state index in [1.54, 1.807) is 30.5 Å². The number of nitroso groups, excluding NO2 is 1. The van der Waals surface area contributed by atoms with E-state index in [-0.39, 0.29) is 5.69 Å². The normalized spacial score (nSPS) is 10.2. The van der Waals surface area contributed by atoms with Crippen LogP contribution in [0.5, 0.6) is 0 Å². The van der Waals surface area contributed by atoms with Gasteiger partial charge in [0.25, 0.3) is 0 Å². The fourth-order valence-corrected chi connectivity index (χ4v) is 1.48. The first-order valence-corrected chi connectivity index (χ1v) is 5.30. The molecule has 0 saturated heterocycles. The summed E-state index contributed by atoms with van der Waals surface area (Å²) in [5.41, 5.74) is 2.12. The molecule has 0 saturated carbocycles. The van der Waals surface area contributed by atoms with Gasteiger partial charge in [0.1, 0.15) is 5.69 Å². The maximum Gasteiger partial charge on any atom is 0.116 e. The number of nitriles is 1. The molecule has 1 heterocycles. The van der Waals surface area contributed by atoms with Crippen molar-refractivity contribution in [1.82, 2.24) is 4.98 Å². The summed E-state index contributed by atoms with van der Waals surface area (Å²) in [6, 6.07) is 12.3. The Balaban J connectivity index is 2.32. The van der Waals surface area contributed by atoms with Crippen molar-refractivity contribution in [2.75, 3.05) is 0 Å². The van der Waals surface area contributed by atoms with Crippen LogP contribution in [0.2, 0.25) is 0 Å². The average molecular weight is 235 g/mol. The molecule has 18 heavy (non-hydrogen) atoms. The summed E-state index contributed by atoms with van der Waals surface area (Å²) in [6.45, 7) is 0. The Morgan fingerprint density at radius 1 is 1.22 bits per heavy atom. The molecular formula is C14H9N3O. The summed E-state index contributed by atoms with van der Waals surface area (Å²) >= 11 is 0. The van der Waals surface area contributed by atoms with Gasteiger partial charge in [-0.15, -0.1) is 4.91 Å². The summed E-state index contributed by atoms with van der Waals surface area (Å²) in [4.78, 5) is 14.8. The molecule has 0 bridgehead atoms. The molecule has 0 amide bonds. The van der Waals surface area contributed by atoms with Crippen molar-refractivity contribution in [3.63, 3.8) is 0 Å². The van der Waals surface area contributed by atoms with Gasteiger partial charge in [0.15, 0.2) is 0 Å². The third kappa shape index (κ3) is 2.66. The number of aromatic nitrogens is 1. The number of benzene rings is 1. The van der Waals surface area contributed by atoms with Gasteiger partial charge in [-0.1, -0.05) is 18.2 Å². The molecule has 86 valence electrons. The van der Waals surface area contributed by atoms with Crippen molar-refractivity contribution in [2.45, 2.75) is 0 Å². The minimum absolute atomic E-state index is 0.251. The Morgan fingerprint density at radius 3 is 2.78 bits per heavy atom. The zero-order chi connectivity index (χ0) is 12.8. The number of pyridine rings is 1. The lowest BCUT2D eigenvalue weighted by Crippen LogP contribution is -1.80. The Kier molecular flexibility index (Phi) is 3.57. The van der Waals surface area contributed by atoms with Crippen LogP contribution in [0, 0.1) is 16.2 Å². The molecule has 4 heteroatoms. The minimum atomic E-state index is 0.251. The van der Waals surface area contributed by atoms with E-state index >= 15 is 0 Å². The fourth-order valence-electron chi connectivity index (χ4n) is 1.48. The van der Waals surface area contributed by atoms with Crippen molar-refractivity contribution >= 4 is 17.8 Å². The minimum Gasteiger partial charge on any atom is -0.257 e. The maximum atomic E-state index is 10.7. The highest BCUT2D eigenvalue weighted by molar-refractivity contribution is 5.75. The Labute approximate surface area is 104 Å². The third-order valence-electron chi connectivity index (χ3n) is 2.38. The van der Waals surface area contributed by atoms with Gasteiger partial charge in [0.05, 0.1) is 17.3 Å². The second-order valence-corrected chi connectivity index (χ2v) is 3.56. The molecule has 1 aromatic heterocycles. The van der Waals surface area contributed by atoms with E-state index < -0.39 is 0 Å². The second kappa shape index (κ2) is 5.51. The third-order valence-corrected chi connectivity index (χ3v) is 2.38. The van der Waals surface area contributed by atoms with Crippen LogP contribution < -0.4 is 0 Å². The highest BCUT2D eigenvalue weighted by Gasteiger charge is 2.01. The van der Waals surface area contributed by atoms with Crippen LogP contribution in [0.4, 0.5) is 5.69 Å². The van der Waals surface area contributed by atoms with Crippen LogP contribution in [0.15, 0.2) is 47.8 Å². The van der Waals surface area contributed by atoms with Gasteiger partial charge in [-0.3, -0.25) is 4.98 Å². The molecule has 4 nitrogen and oxygen atoms in total. The van der Waals surface area contributed by atoms with E-state index in [2.05, 4.69) is 10.2 Å². The lowest BCUT2D eigenvalue weighted by atomic mass is 10.1. The monoisotopic (exact) mass is 235 g/mol. The van der Waals surface area contributed by atoms with Gasteiger partial charge in [0.2, 0.25) is 0 Å². The van der Waals surface area contributed by atoms with Crippen LogP contribution in [0.1, 0.15) is 16.8 Å². The van der Waals surface area contributed by atoms with Gasteiger partial charge < -0.3 is 0 Å². The summed E-state index contributed by atoms with van der Waals surface area (Å²) in [5.74, 6) is 0. The quantitative estimate of drug-likeness (QED) is 0.764. The molecule has 0 unspecified atom stereocenters. The number of hydrogen-bond acceptors (Lipinski definition) is 4. The Morgan fingerprint density at radius 2 is 2.11 bits per heavy atom. The van der Waals surface area contributed by atoms with E-state index in [4.69, 9.17) is 5.26 Å². The molecule has 0 radical (unpaired) electrons. The molecule has 0 atom stereocenters. The average Bonchev–Trinajstić information content (AvgIpc) is 2.46. The van der Waals surface area contributed by atoms with Crippen LogP contribution in [0.25, 0.3) is 12.2 Å². The second-order valence-electron chi connectivity index (χ2n) is 3.56. The topological polar surface area (TPSA) is 66.1 Å². The van der Waals surface area contributed by atoms with E-state index in [9.17, 15) is 4.91 Å². The number of rotatable bonds is 3. The van der Waals surface area contributed by atoms with Crippen LogP contribution in [-0.4, -0.2) is 4.98 Å². The first kappa shape index (κ1) is 11.7. The maximum absolute atomic E-state index is 10.7. The van der Waals surface area contributed by atoms with Crippen LogP contribution in [0.3, 0.4) is 0 Å². The molecule has 0 spiro atoms. The summed E-state index contributed by atoms with van der Waals surface area (Å²) in [7, 11) is 0. The highest BCUT2D eigenvalue weighted by atomic mass is 16.3. The van der Waals surface area contributed by atoms with E-state index in [1.165, 1.54) is 6.07 Å².